The molecule has 0 radical (unpaired) electrons. The summed E-state index contributed by atoms with van der Waals surface area (Å²) in [4.78, 5) is 13.2. The zero-order valence-corrected chi connectivity index (χ0v) is 15.9. The van der Waals surface area contributed by atoms with Crippen LogP contribution in [0.4, 0.5) is 5.95 Å². The molecule has 0 bridgehead atoms. The Bertz CT molecular complexity index is 780. The summed E-state index contributed by atoms with van der Waals surface area (Å²) in [5.74, 6) is 6.57. The SMILES string of the molecule is CC(C)(O)C#Cc1ccc(CN2CCN(c3ncc(Cl)cn3)CC2)cc1. The molecule has 136 valence electrons. The van der Waals surface area contributed by atoms with Gasteiger partial charge in [0.25, 0.3) is 0 Å². The van der Waals surface area contributed by atoms with Gasteiger partial charge in [0.05, 0.1) is 17.4 Å². The van der Waals surface area contributed by atoms with E-state index < -0.39 is 5.60 Å². The summed E-state index contributed by atoms with van der Waals surface area (Å²) in [5.41, 5.74) is 1.21. The van der Waals surface area contributed by atoms with Gasteiger partial charge in [-0.2, -0.15) is 0 Å². The smallest absolute Gasteiger partial charge is 0.225 e. The van der Waals surface area contributed by atoms with Gasteiger partial charge >= 0.3 is 0 Å². The molecule has 0 unspecified atom stereocenters. The Morgan fingerprint density at radius 2 is 1.69 bits per heavy atom. The molecule has 1 aromatic heterocycles. The quantitative estimate of drug-likeness (QED) is 0.841. The third-order valence-corrected chi connectivity index (χ3v) is 4.33. The number of halogens is 1. The normalized spacial score (nSPS) is 15.5. The minimum absolute atomic E-state index is 0.558. The van der Waals surface area contributed by atoms with Gasteiger partial charge in [0, 0.05) is 38.3 Å². The lowest BCUT2D eigenvalue weighted by atomic mass is 10.1. The largest absolute Gasteiger partial charge is 0.378 e. The van der Waals surface area contributed by atoms with Crippen molar-refractivity contribution in [3.63, 3.8) is 0 Å². The Morgan fingerprint density at radius 3 is 2.27 bits per heavy atom. The fourth-order valence-electron chi connectivity index (χ4n) is 2.75. The fourth-order valence-corrected chi connectivity index (χ4v) is 2.85. The lowest BCUT2D eigenvalue weighted by Gasteiger charge is -2.34. The molecule has 0 atom stereocenters. The van der Waals surface area contributed by atoms with Gasteiger partial charge < -0.3 is 10.0 Å². The lowest BCUT2D eigenvalue weighted by Crippen LogP contribution is -2.46. The van der Waals surface area contributed by atoms with Crippen LogP contribution in [0.1, 0.15) is 25.0 Å². The maximum Gasteiger partial charge on any atom is 0.225 e. The highest BCUT2D eigenvalue weighted by atomic mass is 35.5. The van der Waals surface area contributed by atoms with Crippen LogP contribution >= 0.6 is 11.6 Å². The first-order valence-corrected chi connectivity index (χ1v) is 9.06. The van der Waals surface area contributed by atoms with E-state index in [1.54, 1.807) is 26.2 Å². The summed E-state index contributed by atoms with van der Waals surface area (Å²) in [6, 6.07) is 8.21. The van der Waals surface area contributed by atoms with Gasteiger partial charge in [-0.25, -0.2) is 9.97 Å². The standard InChI is InChI=1S/C20H23ClN4O/c1-20(2,26)8-7-16-3-5-17(6-4-16)15-24-9-11-25(12-10-24)19-22-13-18(21)14-23-19/h3-6,13-14,26H,9-12,15H2,1-2H3. The Labute approximate surface area is 159 Å². The van der Waals surface area contributed by atoms with Gasteiger partial charge in [-0.1, -0.05) is 35.6 Å². The Kier molecular flexibility index (Phi) is 5.77. The van der Waals surface area contributed by atoms with Crippen LogP contribution in [-0.4, -0.2) is 51.8 Å². The molecule has 1 aliphatic heterocycles. The van der Waals surface area contributed by atoms with E-state index in [0.29, 0.717) is 5.02 Å². The van der Waals surface area contributed by atoms with E-state index in [0.717, 1.165) is 44.2 Å². The van der Waals surface area contributed by atoms with Crippen molar-refractivity contribution in [3.05, 3.63) is 52.8 Å². The van der Waals surface area contributed by atoms with E-state index in [4.69, 9.17) is 11.6 Å². The first-order valence-electron chi connectivity index (χ1n) is 8.68. The van der Waals surface area contributed by atoms with Crippen LogP contribution in [0.3, 0.4) is 0 Å². The van der Waals surface area contributed by atoms with Crippen LogP contribution in [0.2, 0.25) is 5.02 Å². The van der Waals surface area contributed by atoms with Gasteiger partial charge in [0.15, 0.2) is 0 Å². The van der Waals surface area contributed by atoms with Crippen LogP contribution in [0.5, 0.6) is 0 Å². The number of benzene rings is 1. The Morgan fingerprint density at radius 1 is 1.08 bits per heavy atom. The van der Waals surface area contributed by atoms with Crippen LogP contribution in [0.15, 0.2) is 36.7 Å². The summed E-state index contributed by atoms with van der Waals surface area (Å²) in [7, 11) is 0. The van der Waals surface area contributed by atoms with Crippen LogP contribution < -0.4 is 4.90 Å². The minimum Gasteiger partial charge on any atom is -0.378 e. The molecule has 6 heteroatoms. The van der Waals surface area contributed by atoms with Gasteiger partial charge in [0.1, 0.15) is 5.60 Å². The average molecular weight is 371 g/mol. The molecular weight excluding hydrogens is 348 g/mol. The average Bonchev–Trinajstić information content (AvgIpc) is 2.62. The molecule has 0 saturated carbocycles. The van der Waals surface area contributed by atoms with E-state index in [-0.39, 0.29) is 0 Å². The second kappa shape index (κ2) is 8.05. The van der Waals surface area contributed by atoms with Crippen molar-refractivity contribution in [3.8, 4) is 11.8 Å². The number of aliphatic hydroxyl groups is 1. The highest BCUT2D eigenvalue weighted by molar-refractivity contribution is 6.30. The highest BCUT2D eigenvalue weighted by Crippen LogP contribution is 2.15. The summed E-state index contributed by atoms with van der Waals surface area (Å²) >= 11 is 5.84. The molecule has 0 spiro atoms. The summed E-state index contributed by atoms with van der Waals surface area (Å²) in [6.45, 7) is 8.01. The van der Waals surface area contributed by atoms with Crippen molar-refractivity contribution in [2.24, 2.45) is 0 Å². The highest BCUT2D eigenvalue weighted by Gasteiger charge is 2.18. The third kappa shape index (κ3) is 5.43. The molecule has 1 fully saturated rings. The number of anilines is 1. The maximum atomic E-state index is 9.67. The second-order valence-electron chi connectivity index (χ2n) is 6.97. The summed E-state index contributed by atoms with van der Waals surface area (Å²) < 4.78 is 0. The molecule has 3 rings (SSSR count). The van der Waals surface area contributed by atoms with E-state index in [1.807, 2.05) is 12.1 Å². The number of hydrogen-bond acceptors (Lipinski definition) is 5. The molecule has 1 aromatic carbocycles. The maximum absolute atomic E-state index is 9.67. The fraction of sp³-hybridized carbons (Fsp3) is 0.400. The first kappa shape index (κ1) is 18.7. The van der Waals surface area contributed by atoms with E-state index in [1.165, 1.54) is 5.56 Å². The number of nitrogens with zero attached hydrogens (tertiary/aromatic N) is 4. The third-order valence-electron chi connectivity index (χ3n) is 4.13. The topological polar surface area (TPSA) is 52.5 Å². The molecule has 1 aliphatic rings. The zero-order valence-electron chi connectivity index (χ0n) is 15.1. The molecule has 1 N–H and O–H groups in total. The molecule has 0 amide bonds. The van der Waals surface area contributed by atoms with Crippen LogP contribution in [0, 0.1) is 11.8 Å². The predicted molar refractivity (Wildman–Crippen MR) is 104 cm³/mol. The van der Waals surface area contributed by atoms with Crippen molar-refractivity contribution in [1.82, 2.24) is 14.9 Å². The van der Waals surface area contributed by atoms with Crippen molar-refractivity contribution in [2.45, 2.75) is 26.0 Å². The van der Waals surface area contributed by atoms with Crippen molar-refractivity contribution in [1.29, 1.82) is 0 Å². The van der Waals surface area contributed by atoms with E-state index in [2.05, 4.69) is 43.7 Å². The molecule has 26 heavy (non-hydrogen) atoms. The van der Waals surface area contributed by atoms with Gasteiger partial charge in [0.2, 0.25) is 5.95 Å². The molecule has 0 aliphatic carbocycles. The van der Waals surface area contributed by atoms with Gasteiger partial charge in [-0.05, 0) is 31.5 Å². The first-order chi connectivity index (χ1) is 12.4. The number of aromatic nitrogens is 2. The molecule has 2 heterocycles. The van der Waals surface area contributed by atoms with Crippen molar-refractivity contribution < 1.29 is 5.11 Å². The van der Waals surface area contributed by atoms with E-state index >= 15 is 0 Å². The Hall–Kier alpha value is -2.13. The Balaban J connectivity index is 1.52. The molecular formula is C20H23ClN4O. The minimum atomic E-state index is -0.966. The summed E-state index contributed by atoms with van der Waals surface area (Å²) in [6.07, 6.45) is 3.28. The number of hydrogen-bond donors (Lipinski definition) is 1. The van der Waals surface area contributed by atoms with Gasteiger partial charge in [-0.15, -0.1) is 0 Å². The monoisotopic (exact) mass is 370 g/mol. The molecule has 2 aromatic rings. The van der Waals surface area contributed by atoms with Crippen LogP contribution in [-0.2, 0) is 6.54 Å². The zero-order chi connectivity index (χ0) is 18.6. The van der Waals surface area contributed by atoms with E-state index in [9.17, 15) is 5.11 Å². The van der Waals surface area contributed by atoms with Gasteiger partial charge in [-0.3, -0.25) is 4.90 Å². The summed E-state index contributed by atoms with van der Waals surface area (Å²) in [5, 5.41) is 10.2. The predicted octanol–water partition coefficient (Wildman–Crippen LogP) is 2.57. The second-order valence-corrected chi connectivity index (χ2v) is 7.41. The number of rotatable bonds is 3. The van der Waals surface area contributed by atoms with Crippen LogP contribution in [0.25, 0.3) is 0 Å². The lowest BCUT2D eigenvalue weighted by molar-refractivity contribution is 0.143. The molecule has 5 nitrogen and oxygen atoms in total. The molecule has 1 saturated heterocycles. The van der Waals surface area contributed by atoms with Crippen molar-refractivity contribution in [2.75, 3.05) is 31.1 Å². The van der Waals surface area contributed by atoms with Crippen molar-refractivity contribution >= 4 is 17.5 Å². The number of piperazine rings is 1.